The Hall–Kier alpha value is -5.66. The van der Waals surface area contributed by atoms with Gasteiger partial charge in [0.25, 0.3) is 0 Å². The lowest BCUT2D eigenvalue weighted by Crippen LogP contribution is -1.91. The van der Waals surface area contributed by atoms with Crippen LogP contribution >= 0.6 is 0 Å². The van der Waals surface area contributed by atoms with Crippen LogP contribution in [0.3, 0.4) is 0 Å². The van der Waals surface area contributed by atoms with E-state index in [4.69, 9.17) is 18.1 Å². The van der Waals surface area contributed by atoms with Crippen molar-refractivity contribution in [3.05, 3.63) is 157 Å². The second-order valence-electron chi connectivity index (χ2n) is 10.5. The van der Waals surface area contributed by atoms with Gasteiger partial charge < -0.3 is 4.42 Å². The zero-order chi connectivity index (χ0) is 37.9. The maximum Gasteiger partial charge on any atom is 0.143 e. The zero-order valence-electron chi connectivity index (χ0n) is 33.6. The molecule has 8 aromatic carbocycles. The Morgan fingerprint density at radius 2 is 1.02 bits per heavy atom. The summed E-state index contributed by atoms with van der Waals surface area (Å²) >= 11 is 0. The molecule has 1 aromatic heterocycles. The second kappa shape index (κ2) is 9.44. The lowest BCUT2D eigenvalue weighted by Gasteiger charge is -2.18. The standard InChI is InChI=1S/C42H26O/c1-2-11-30-26-31(25-22-27(30)10-1)28-20-23-29(24-21-28)40-33-13-3-5-15-35(33)41(36-16-6-4-14-34(36)40)38-18-9-17-37-32-12-7-8-19-39(32)43-42(37)38/h1-26H/i3D,4D,5D,6D,7D,8D,9D,12D,17D,18D,19D. The van der Waals surface area contributed by atoms with Gasteiger partial charge in [0.15, 0.2) is 0 Å². The molecule has 0 aliphatic carbocycles. The first-order chi connectivity index (χ1) is 25.8. The largest absolute Gasteiger partial charge is 0.455 e. The molecule has 43 heavy (non-hydrogen) atoms. The molecule has 0 aliphatic rings. The number of furan rings is 1. The van der Waals surface area contributed by atoms with E-state index in [1.54, 1.807) is 12.1 Å². The molecule has 0 saturated carbocycles. The first kappa shape index (κ1) is 15.5. The molecule has 0 saturated heterocycles. The minimum atomic E-state index is -0.535. The van der Waals surface area contributed by atoms with Gasteiger partial charge in [0, 0.05) is 21.9 Å². The van der Waals surface area contributed by atoms with Gasteiger partial charge in [-0.25, -0.2) is 0 Å². The van der Waals surface area contributed by atoms with E-state index in [0.29, 0.717) is 27.1 Å². The highest BCUT2D eigenvalue weighted by Gasteiger charge is 2.20. The van der Waals surface area contributed by atoms with Crippen molar-refractivity contribution in [1.29, 1.82) is 0 Å². The predicted octanol–water partition coefficient (Wildman–Crippen LogP) is 12.0. The topological polar surface area (TPSA) is 13.1 Å². The van der Waals surface area contributed by atoms with Gasteiger partial charge in [-0.05, 0) is 66.7 Å². The maximum absolute atomic E-state index is 9.23. The summed E-state index contributed by atoms with van der Waals surface area (Å²) in [6, 6.07) is 24.6. The summed E-state index contributed by atoms with van der Waals surface area (Å²) in [7, 11) is 0. The van der Waals surface area contributed by atoms with Crippen molar-refractivity contribution in [2.75, 3.05) is 0 Å². The molecule has 0 amide bonds. The highest BCUT2D eigenvalue weighted by atomic mass is 16.3. The average Bonchev–Trinajstić information content (AvgIpc) is 3.57. The second-order valence-corrected chi connectivity index (χ2v) is 10.5. The van der Waals surface area contributed by atoms with Crippen LogP contribution in [0.5, 0.6) is 0 Å². The summed E-state index contributed by atoms with van der Waals surface area (Å²) in [6.07, 6.45) is 0. The fraction of sp³-hybridized carbons (Fsp3) is 0. The number of para-hydroxylation sites is 2. The molecule has 0 bridgehead atoms. The van der Waals surface area contributed by atoms with Crippen LogP contribution in [-0.2, 0) is 0 Å². The molecule has 9 aromatic rings. The summed E-state index contributed by atoms with van der Waals surface area (Å²) in [4.78, 5) is 0. The van der Waals surface area contributed by atoms with Crippen LogP contribution in [0.4, 0.5) is 0 Å². The Labute approximate surface area is 264 Å². The lowest BCUT2D eigenvalue weighted by molar-refractivity contribution is 0.670. The van der Waals surface area contributed by atoms with E-state index in [-0.39, 0.29) is 57.2 Å². The maximum atomic E-state index is 9.23. The van der Waals surface area contributed by atoms with E-state index in [9.17, 15) is 1.37 Å². The third-order valence-corrected chi connectivity index (χ3v) is 8.13. The quantitative estimate of drug-likeness (QED) is 0.197. The molecule has 1 heterocycles. The lowest BCUT2D eigenvalue weighted by atomic mass is 9.85. The average molecular weight is 558 g/mol. The van der Waals surface area contributed by atoms with Crippen molar-refractivity contribution in [3.8, 4) is 33.4 Å². The van der Waals surface area contributed by atoms with Crippen LogP contribution < -0.4 is 0 Å². The van der Waals surface area contributed by atoms with E-state index < -0.39 is 42.3 Å². The van der Waals surface area contributed by atoms with Crippen LogP contribution in [0.1, 0.15) is 15.1 Å². The van der Waals surface area contributed by atoms with Gasteiger partial charge >= 0.3 is 0 Å². The van der Waals surface area contributed by atoms with Crippen LogP contribution in [-0.4, -0.2) is 0 Å². The van der Waals surface area contributed by atoms with E-state index in [0.717, 1.165) is 27.5 Å². The number of rotatable bonds is 3. The highest BCUT2D eigenvalue weighted by Crippen LogP contribution is 2.46. The normalized spacial score (nSPS) is 15.3. The van der Waals surface area contributed by atoms with Gasteiger partial charge in [0.2, 0.25) is 0 Å². The van der Waals surface area contributed by atoms with Crippen molar-refractivity contribution in [1.82, 2.24) is 0 Å². The molecule has 0 atom stereocenters. The van der Waals surface area contributed by atoms with Gasteiger partial charge in [-0.1, -0.05) is 145 Å². The number of benzene rings is 8. The molecule has 9 rings (SSSR count). The molecule has 0 unspecified atom stereocenters. The third-order valence-electron chi connectivity index (χ3n) is 8.13. The smallest absolute Gasteiger partial charge is 0.143 e. The SMILES string of the molecule is [2H]c1cc2c(-c3ccc(-c4ccc5ccccc5c4)cc3)c3cc([2H])c([2H])cc3c(-c3c([2H])c([2H])c([2H])c4c3oc3c([2H])c([2H])c([2H])c([2H])c34)c2cc1[2H]. The van der Waals surface area contributed by atoms with Crippen molar-refractivity contribution >= 4 is 54.3 Å². The van der Waals surface area contributed by atoms with Crippen molar-refractivity contribution < 1.29 is 19.5 Å². The molecule has 1 heteroatoms. The van der Waals surface area contributed by atoms with E-state index in [1.165, 1.54) is 12.1 Å². The Kier molecular flexibility index (Phi) is 3.41. The number of hydrogen-bond donors (Lipinski definition) is 0. The first-order valence-electron chi connectivity index (χ1n) is 19.4. The molecule has 0 spiro atoms. The molecule has 1 nitrogen and oxygen atoms in total. The van der Waals surface area contributed by atoms with Crippen molar-refractivity contribution in [2.45, 2.75) is 0 Å². The predicted molar refractivity (Wildman–Crippen MR) is 183 cm³/mol. The zero-order valence-corrected chi connectivity index (χ0v) is 22.6. The minimum absolute atomic E-state index is 0.00141. The first-order valence-corrected chi connectivity index (χ1v) is 13.9. The number of hydrogen-bond acceptors (Lipinski definition) is 1. The van der Waals surface area contributed by atoms with Gasteiger partial charge in [-0.3, -0.25) is 0 Å². The summed E-state index contributed by atoms with van der Waals surface area (Å²) in [5, 5.41) is 3.87. The Bertz CT molecular complexity index is 3040. The Morgan fingerprint density at radius 3 is 1.77 bits per heavy atom. The fourth-order valence-corrected chi connectivity index (χ4v) is 6.17. The fourth-order valence-electron chi connectivity index (χ4n) is 6.17. The van der Waals surface area contributed by atoms with Gasteiger partial charge in [0.05, 0.1) is 15.1 Å². The third kappa shape index (κ3) is 3.72. The Balaban J connectivity index is 1.41. The van der Waals surface area contributed by atoms with E-state index in [2.05, 4.69) is 30.3 Å². The molecule has 200 valence electrons. The molecular formula is C42H26O. The van der Waals surface area contributed by atoms with Gasteiger partial charge in [-0.2, -0.15) is 0 Å². The van der Waals surface area contributed by atoms with Gasteiger partial charge in [0.1, 0.15) is 11.2 Å². The summed E-state index contributed by atoms with van der Waals surface area (Å²) in [6.45, 7) is 0. The molecule has 0 aliphatic heterocycles. The monoisotopic (exact) mass is 557 g/mol. The molecule has 0 fully saturated rings. The van der Waals surface area contributed by atoms with Crippen LogP contribution in [0.25, 0.3) is 87.6 Å². The van der Waals surface area contributed by atoms with Gasteiger partial charge in [-0.15, -0.1) is 0 Å². The van der Waals surface area contributed by atoms with Crippen molar-refractivity contribution in [3.63, 3.8) is 0 Å². The molecule has 0 radical (unpaired) electrons. The van der Waals surface area contributed by atoms with Crippen LogP contribution in [0.2, 0.25) is 0 Å². The molecular weight excluding hydrogens is 520 g/mol. The van der Waals surface area contributed by atoms with E-state index >= 15 is 0 Å². The Morgan fingerprint density at radius 1 is 0.419 bits per heavy atom. The van der Waals surface area contributed by atoms with Crippen LogP contribution in [0.15, 0.2) is 162 Å². The summed E-state index contributed by atoms with van der Waals surface area (Å²) in [5.41, 5.74) is 3.29. The summed E-state index contributed by atoms with van der Waals surface area (Å²) in [5.74, 6) is 0. The minimum Gasteiger partial charge on any atom is -0.455 e. The summed E-state index contributed by atoms with van der Waals surface area (Å²) < 4.78 is 102. The van der Waals surface area contributed by atoms with E-state index in [1.807, 2.05) is 36.4 Å². The van der Waals surface area contributed by atoms with Crippen LogP contribution in [0, 0.1) is 0 Å². The highest BCUT2D eigenvalue weighted by molar-refractivity contribution is 6.24. The number of fused-ring (bicyclic) bond motifs is 6. The van der Waals surface area contributed by atoms with Crippen molar-refractivity contribution in [2.24, 2.45) is 0 Å². The molecule has 0 N–H and O–H groups in total.